The molecule has 9 heteroatoms. The molecule has 9 nitrogen and oxygen atoms in total. The Morgan fingerprint density at radius 3 is 2.56 bits per heavy atom. The van der Waals surface area contributed by atoms with Crippen molar-refractivity contribution in [1.82, 2.24) is 19.6 Å². The second-order valence-electron chi connectivity index (χ2n) is 9.23. The van der Waals surface area contributed by atoms with E-state index in [4.69, 9.17) is 28.7 Å². The number of benzene rings is 3. The van der Waals surface area contributed by atoms with Gasteiger partial charge in [-0.15, -0.1) is 5.10 Å². The van der Waals surface area contributed by atoms with Gasteiger partial charge in [-0.25, -0.2) is 19.3 Å². The third-order valence-corrected chi connectivity index (χ3v) is 7.09. The summed E-state index contributed by atoms with van der Waals surface area (Å²) in [4.78, 5) is 23.2. The molecule has 0 saturated carbocycles. The van der Waals surface area contributed by atoms with Crippen LogP contribution in [0.15, 0.2) is 82.3 Å². The number of nitrogens with zero attached hydrogens (tertiary/aromatic N) is 4. The minimum absolute atomic E-state index is 0.322. The minimum atomic E-state index is -0.695. The van der Waals surface area contributed by atoms with Crippen molar-refractivity contribution in [3.63, 3.8) is 0 Å². The largest absolute Gasteiger partial charge is 0.493 e. The number of aromatic nitrogens is 4. The van der Waals surface area contributed by atoms with Crippen LogP contribution in [-0.4, -0.2) is 33.8 Å². The molecular weight excluding hydrogens is 496 g/mol. The molecule has 1 aliphatic heterocycles. The summed E-state index contributed by atoms with van der Waals surface area (Å²) in [5.74, 6) is 1.56. The molecule has 0 fully saturated rings. The van der Waals surface area contributed by atoms with Gasteiger partial charge >= 0.3 is 5.63 Å². The van der Waals surface area contributed by atoms with E-state index in [0.29, 0.717) is 62.3 Å². The van der Waals surface area contributed by atoms with Gasteiger partial charge in [-0.2, -0.15) is 0 Å². The van der Waals surface area contributed by atoms with Crippen LogP contribution in [0.5, 0.6) is 23.1 Å². The molecule has 1 atom stereocenters. The number of aryl methyl sites for hydroxylation is 1. The van der Waals surface area contributed by atoms with Gasteiger partial charge < -0.3 is 18.6 Å². The monoisotopic (exact) mass is 518 g/mol. The van der Waals surface area contributed by atoms with Gasteiger partial charge in [0, 0.05) is 11.1 Å². The van der Waals surface area contributed by atoms with Crippen molar-refractivity contribution < 1.29 is 18.6 Å². The molecular formula is C30H22N4O5. The van der Waals surface area contributed by atoms with Gasteiger partial charge in [-0.3, -0.25) is 0 Å². The van der Waals surface area contributed by atoms with Gasteiger partial charge in [0.15, 0.2) is 28.7 Å². The smallest absolute Gasteiger partial charge is 0.344 e. The number of para-hydroxylation sites is 2. The van der Waals surface area contributed by atoms with E-state index in [1.807, 2.05) is 61.5 Å². The van der Waals surface area contributed by atoms with E-state index in [2.05, 4.69) is 4.98 Å². The Morgan fingerprint density at radius 2 is 1.74 bits per heavy atom. The first-order valence-corrected chi connectivity index (χ1v) is 12.3. The zero-order chi connectivity index (χ0) is 26.7. The maximum absolute atomic E-state index is 13.7. The van der Waals surface area contributed by atoms with E-state index >= 15 is 0 Å². The predicted molar refractivity (Wildman–Crippen MR) is 144 cm³/mol. The summed E-state index contributed by atoms with van der Waals surface area (Å²) >= 11 is 0. The first kappa shape index (κ1) is 23.0. The highest BCUT2D eigenvalue weighted by Crippen LogP contribution is 2.51. The number of fused-ring (bicyclic) bond motifs is 6. The summed E-state index contributed by atoms with van der Waals surface area (Å²) in [6.07, 6.45) is 1.57. The van der Waals surface area contributed by atoms with Crippen molar-refractivity contribution in [2.24, 2.45) is 0 Å². The molecule has 192 valence electrons. The van der Waals surface area contributed by atoms with Crippen molar-refractivity contribution in [3.8, 4) is 34.5 Å². The molecule has 4 heterocycles. The molecule has 0 spiro atoms. The summed E-state index contributed by atoms with van der Waals surface area (Å²) < 4.78 is 25.2. The number of rotatable bonds is 4. The molecule has 1 aliphatic rings. The summed E-state index contributed by atoms with van der Waals surface area (Å²) in [6, 6.07) is 20.7. The molecule has 0 saturated heterocycles. The molecule has 6 aromatic rings. The summed E-state index contributed by atoms with van der Waals surface area (Å²) in [6.45, 7) is 2.01. The fourth-order valence-corrected chi connectivity index (χ4v) is 5.32. The van der Waals surface area contributed by atoms with Gasteiger partial charge in [-0.05, 0) is 30.7 Å². The number of ether oxygens (including phenoxy) is 3. The van der Waals surface area contributed by atoms with Crippen molar-refractivity contribution >= 4 is 16.6 Å². The second-order valence-corrected chi connectivity index (χ2v) is 9.23. The molecule has 1 unspecified atom stereocenters. The van der Waals surface area contributed by atoms with Crippen molar-refractivity contribution in [2.75, 3.05) is 14.2 Å². The van der Waals surface area contributed by atoms with Gasteiger partial charge in [0.1, 0.15) is 11.9 Å². The third-order valence-electron chi connectivity index (χ3n) is 7.09. The first-order chi connectivity index (χ1) is 19.1. The van der Waals surface area contributed by atoms with Crippen molar-refractivity contribution in [3.05, 3.63) is 106 Å². The molecule has 3 aromatic carbocycles. The lowest BCUT2D eigenvalue weighted by molar-refractivity contribution is 0.349. The van der Waals surface area contributed by atoms with Crippen LogP contribution in [-0.2, 0) is 0 Å². The van der Waals surface area contributed by atoms with E-state index < -0.39 is 11.5 Å². The number of hydrogen-bond donors (Lipinski definition) is 0. The van der Waals surface area contributed by atoms with Crippen LogP contribution in [0.25, 0.3) is 28.0 Å². The predicted octanol–water partition coefficient (Wildman–Crippen LogP) is 5.51. The Bertz CT molecular complexity index is 1980. The van der Waals surface area contributed by atoms with E-state index in [1.54, 1.807) is 37.2 Å². The Labute approximate surface area is 222 Å². The molecule has 0 N–H and O–H groups in total. The van der Waals surface area contributed by atoms with E-state index in [-0.39, 0.29) is 0 Å². The Hall–Kier alpha value is -5.18. The van der Waals surface area contributed by atoms with Crippen LogP contribution in [0.2, 0.25) is 0 Å². The lowest BCUT2D eigenvalue weighted by Gasteiger charge is -2.28. The first-order valence-electron chi connectivity index (χ1n) is 12.3. The highest BCUT2D eigenvalue weighted by Gasteiger charge is 2.39. The lowest BCUT2D eigenvalue weighted by atomic mass is 9.83. The van der Waals surface area contributed by atoms with E-state index in [0.717, 1.165) is 11.1 Å². The molecule has 0 aliphatic carbocycles. The van der Waals surface area contributed by atoms with Gasteiger partial charge in [0.25, 0.3) is 0 Å². The van der Waals surface area contributed by atoms with E-state index in [1.165, 1.54) is 0 Å². The van der Waals surface area contributed by atoms with Crippen molar-refractivity contribution in [1.29, 1.82) is 0 Å². The normalized spacial score (nSPS) is 14.1. The zero-order valence-corrected chi connectivity index (χ0v) is 21.3. The molecule has 0 bridgehead atoms. The SMILES string of the molecule is COc1cccc(C2c3c(c4ccccc4oc3=O)Oc3ncn4nc(-c5ccccc5C)nc4c32)c1OC. The maximum atomic E-state index is 13.7. The summed E-state index contributed by atoms with van der Waals surface area (Å²) in [5.41, 5.74) is 3.92. The van der Waals surface area contributed by atoms with Crippen LogP contribution in [0.1, 0.15) is 28.2 Å². The Kier molecular flexibility index (Phi) is 5.12. The van der Waals surface area contributed by atoms with Crippen LogP contribution in [0.3, 0.4) is 0 Å². The van der Waals surface area contributed by atoms with Gasteiger partial charge in [-0.1, -0.05) is 48.5 Å². The fraction of sp³-hybridized carbons (Fsp3) is 0.133. The standard InChI is InChI=1S/C30H22N4O5/c1-16-9-4-5-10-17(16)27-32-28-24-22(19-12-8-14-21(36-2)25(19)37-3)23-26(39-29(24)31-15-34(28)33-27)18-11-6-7-13-20(18)38-30(23)35/h4-15,22H,1-3H3. The topological polar surface area (TPSA) is 101 Å². The average molecular weight is 519 g/mol. The van der Waals surface area contributed by atoms with Crippen LogP contribution >= 0.6 is 0 Å². The van der Waals surface area contributed by atoms with Gasteiger partial charge in [0.05, 0.1) is 36.7 Å². The fourth-order valence-electron chi connectivity index (χ4n) is 5.32. The van der Waals surface area contributed by atoms with Crippen LogP contribution in [0, 0.1) is 6.92 Å². The Morgan fingerprint density at radius 1 is 0.923 bits per heavy atom. The summed E-state index contributed by atoms with van der Waals surface area (Å²) in [5, 5.41) is 5.38. The highest BCUT2D eigenvalue weighted by molar-refractivity contribution is 5.87. The van der Waals surface area contributed by atoms with Crippen molar-refractivity contribution in [2.45, 2.75) is 12.8 Å². The zero-order valence-electron chi connectivity index (χ0n) is 21.3. The van der Waals surface area contributed by atoms with E-state index in [9.17, 15) is 4.79 Å². The highest BCUT2D eigenvalue weighted by atomic mass is 16.5. The Balaban J connectivity index is 1.59. The number of methoxy groups -OCH3 is 2. The summed E-state index contributed by atoms with van der Waals surface area (Å²) in [7, 11) is 3.14. The minimum Gasteiger partial charge on any atom is -0.493 e. The molecule has 7 rings (SSSR count). The second kappa shape index (κ2) is 8.70. The maximum Gasteiger partial charge on any atom is 0.344 e. The third kappa shape index (κ3) is 3.40. The quantitative estimate of drug-likeness (QED) is 0.281. The molecule has 0 radical (unpaired) electrons. The van der Waals surface area contributed by atoms with Crippen LogP contribution in [0.4, 0.5) is 0 Å². The molecule has 39 heavy (non-hydrogen) atoms. The number of hydrogen-bond acceptors (Lipinski definition) is 8. The van der Waals surface area contributed by atoms with Gasteiger partial charge in [0.2, 0.25) is 5.88 Å². The average Bonchev–Trinajstić information content (AvgIpc) is 3.40. The lowest BCUT2D eigenvalue weighted by Crippen LogP contribution is -2.22. The molecule has 0 amide bonds. The molecule has 3 aromatic heterocycles. The van der Waals surface area contributed by atoms with Crippen LogP contribution < -0.4 is 19.8 Å².